The molecule has 1 aliphatic rings. The van der Waals surface area contributed by atoms with Crippen molar-refractivity contribution in [1.82, 2.24) is 10.9 Å². The smallest absolute Gasteiger partial charge is 0.283 e. The van der Waals surface area contributed by atoms with Crippen molar-refractivity contribution in [3.8, 4) is 11.5 Å². The van der Waals surface area contributed by atoms with E-state index >= 15 is 0 Å². The molecule has 0 bridgehead atoms. The summed E-state index contributed by atoms with van der Waals surface area (Å²) in [5, 5.41) is 0. The quantitative estimate of drug-likeness (QED) is 0.813. The van der Waals surface area contributed by atoms with Gasteiger partial charge in [-0.05, 0) is 35.2 Å². The van der Waals surface area contributed by atoms with Crippen molar-refractivity contribution in [3.05, 3.63) is 59.7 Å². The van der Waals surface area contributed by atoms with Crippen LogP contribution in [0.3, 0.4) is 0 Å². The van der Waals surface area contributed by atoms with Gasteiger partial charge < -0.3 is 9.47 Å². The van der Waals surface area contributed by atoms with Crippen molar-refractivity contribution in [2.75, 3.05) is 6.61 Å². The van der Waals surface area contributed by atoms with Gasteiger partial charge in [0.15, 0.2) is 11.5 Å². The average molecular weight is 354 g/mol. The lowest BCUT2D eigenvalue weighted by Crippen LogP contribution is -2.50. The van der Waals surface area contributed by atoms with Gasteiger partial charge >= 0.3 is 0 Å². The van der Waals surface area contributed by atoms with Crippen LogP contribution in [0.25, 0.3) is 0 Å². The predicted octanol–water partition coefficient (Wildman–Crippen LogP) is 2.59. The van der Waals surface area contributed by atoms with Crippen LogP contribution in [0.15, 0.2) is 48.5 Å². The fourth-order valence-electron chi connectivity index (χ4n) is 2.54. The molecule has 26 heavy (non-hydrogen) atoms. The van der Waals surface area contributed by atoms with E-state index in [-0.39, 0.29) is 12.0 Å². The van der Waals surface area contributed by atoms with Crippen molar-refractivity contribution in [2.45, 2.75) is 32.3 Å². The van der Waals surface area contributed by atoms with E-state index in [0.29, 0.717) is 17.1 Å². The summed E-state index contributed by atoms with van der Waals surface area (Å²) in [4.78, 5) is 24.4. The summed E-state index contributed by atoms with van der Waals surface area (Å²) < 4.78 is 11.1. The molecule has 0 aliphatic carbocycles. The Morgan fingerprint density at radius 1 is 0.962 bits per heavy atom. The molecule has 1 atom stereocenters. The van der Waals surface area contributed by atoms with Gasteiger partial charge in [0.2, 0.25) is 6.10 Å². The second kappa shape index (κ2) is 7.07. The Bertz CT molecular complexity index is 809. The largest absolute Gasteiger partial charge is 0.485 e. The molecule has 0 unspecified atom stereocenters. The molecule has 0 aromatic heterocycles. The van der Waals surface area contributed by atoms with Gasteiger partial charge in [0, 0.05) is 5.56 Å². The molecule has 6 nitrogen and oxygen atoms in total. The summed E-state index contributed by atoms with van der Waals surface area (Å²) in [5.74, 6) is 0.234. The highest BCUT2D eigenvalue weighted by Crippen LogP contribution is 2.30. The third-order valence-electron chi connectivity index (χ3n) is 4.11. The standard InChI is InChI=1S/C20H22N2O4/c1-20(2,3)14-10-8-13(9-11-14)18(23)21-22-19(24)17-12-25-15-6-4-5-7-16(15)26-17/h4-11,17H,12H2,1-3H3,(H,21,23)(H,22,24)/t17-/m1/s1. The number of ether oxygens (including phenoxy) is 2. The van der Waals surface area contributed by atoms with Crippen molar-refractivity contribution in [1.29, 1.82) is 0 Å². The number of hydrazine groups is 1. The first-order chi connectivity index (χ1) is 12.3. The van der Waals surface area contributed by atoms with Gasteiger partial charge in [-0.2, -0.15) is 0 Å². The molecule has 1 heterocycles. The van der Waals surface area contributed by atoms with Crippen LogP contribution in [0.1, 0.15) is 36.7 Å². The van der Waals surface area contributed by atoms with Crippen LogP contribution >= 0.6 is 0 Å². The second-order valence-corrected chi connectivity index (χ2v) is 7.13. The first-order valence-corrected chi connectivity index (χ1v) is 8.44. The number of nitrogens with one attached hydrogen (secondary N) is 2. The molecule has 2 N–H and O–H groups in total. The molecule has 0 radical (unpaired) electrons. The van der Waals surface area contributed by atoms with Crippen LogP contribution in [0.5, 0.6) is 11.5 Å². The third kappa shape index (κ3) is 3.96. The number of para-hydroxylation sites is 2. The van der Waals surface area contributed by atoms with E-state index in [1.54, 1.807) is 30.3 Å². The molecule has 0 saturated heterocycles. The minimum atomic E-state index is -0.825. The first-order valence-electron chi connectivity index (χ1n) is 8.44. The summed E-state index contributed by atoms with van der Waals surface area (Å²) in [6.45, 7) is 6.39. The molecule has 2 aromatic rings. The maximum atomic E-state index is 12.2. The lowest BCUT2D eigenvalue weighted by Gasteiger charge is -2.25. The van der Waals surface area contributed by atoms with Crippen LogP contribution in [0, 0.1) is 0 Å². The molecule has 3 rings (SSSR count). The molecule has 2 aromatic carbocycles. The van der Waals surface area contributed by atoms with Gasteiger partial charge in [-0.25, -0.2) is 0 Å². The molecular formula is C20H22N2O4. The average Bonchev–Trinajstić information content (AvgIpc) is 2.64. The molecule has 1 aliphatic heterocycles. The Morgan fingerprint density at radius 2 is 1.62 bits per heavy atom. The summed E-state index contributed by atoms with van der Waals surface area (Å²) in [7, 11) is 0. The van der Waals surface area contributed by atoms with Crippen molar-refractivity contribution in [2.24, 2.45) is 0 Å². The highest BCUT2D eigenvalue weighted by atomic mass is 16.6. The van der Waals surface area contributed by atoms with Gasteiger partial charge in [-0.1, -0.05) is 45.0 Å². The van der Waals surface area contributed by atoms with E-state index in [0.717, 1.165) is 5.56 Å². The highest BCUT2D eigenvalue weighted by molar-refractivity contribution is 5.95. The fourth-order valence-corrected chi connectivity index (χ4v) is 2.54. The van der Waals surface area contributed by atoms with E-state index < -0.39 is 17.9 Å². The van der Waals surface area contributed by atoms with Gasteiger partial charge in [0.05, 0.1) is 0 Å². The van der Waals surface area contributed by atoms with Crippen LogP contribution < -0.4 is 20.3 Å². The van der Waals surface area contributed by atoms with Crippen LogP contribution in [-0.4, -0.2) is 24.5 Å². The normalized spacial score (nSPS) is 15.9. The van der Waals surface area contributed by atoms with Gasteiger partial charge in [-0.3, -0.25) is 20.4 Å². The zero-order chi connectivity index (χ0) is 18.7. The lowest BCUT2D eigenvalue weighted by atomic mass is 9.87. The Balaban J connectivity index is 1.55. The van der Waals surface area contributed by atoms with Crippen LogP contribution in [-0.2, 0) is 10.2 Å². The monoisotopic (exact) mass is 354 g/mol. The number of amides is 2. The van der Waals surface area contributed by atoms with Crippen molar-refractivity contribution >= 4 is 11.8 Å². The first kappa shape index (κ1) is 17.8. The third-order valence-corrected chi connectivity index (χ3v) is 4.11. The topological polar surface area (TPSA) is 76.7 Å². The second-order valence-electron chi connectivity index (χ2n) is 7.13. The maximum absolute atomic E-state index is 12.2. The predicted molar refractivity (Wildman–Crippen MR) is 97.1 cm³/mol. The Hall–Kier alpha value is -3.02. The Morgan fingerprint density at radius 3 is 2.27 bits per heavy atom. The van der Waals surface area contributed by atoms with E-state index in [1.165, 1.54) is 0 Å². The van der Waals surface area contributed by atoms with Crippen molar-refractivity contribution in [3.63, 3.8) is 0 Å². The van der Waals surface area contributed by atoms with Crippen LogP contribution in [0.4, 0.5) is 0 Å². The zero-order valence-electron chi connectivity index (χ0n) is 15.0. The van der Waals surface area contributed by atoms with Crippen LogP contribution in [0.2, 0.25) is 0 Å². The lowest BCUT2D eigenvalue weighted by molar-refractivity contribution is -0.131. The van der Waals surface area contributed by atoms with E-state index in [2.05, 4.69) is 31.6 Å². The number of benzene rings is 2. The molecule has 2 amide bonds. The zero-order valence-corrected chi connectivity index (χ0v) is 15.0. The number of fused-ring (bicyclic) bond motifs is 1. The van der Waals surface area contributed by atoms with Gasteiger partial charge in [0.25, 0.3) is 11.8 Å². The van der Waals surface area contributed by atoms with Gasteiger partial charge in [0.1, 0.15) is 6.61 Å². The molecule has 0 saturated carbocycles. The number of hydrogen-bond acceptors (Lipinski definition) is 4. The highest BCUT2D eigenvalue weighted by Gasteiger charge is 2.27. The minimum absolute atomic E-state index is 0.0117. The molecule has 6 heteroatoms. The molecule has 0 spiro atoms. The molecular weight excluding hydrogens is 332 g/mol. The van der Waals surface area contributed by atoms with Gasteiger partial charge in [-0.15, -0.1) is 0 Å². The maximum Gasteiger partial charge on any atom is 0.283 e. The molecule has 0 fully saturated rings. The Kier molecular flexibility index (Phi) is 4.84. The van der Waals surface area contributed by atoms with Crippen molar-refractivity contribution < 1.29 is 19.1 Å². The number of hydrogen-bond donors (Lipinski definition) is 2. The SMILES string of the molecule is CC(C)(C)c1ccc(C(=O)NNC(=O)[C@H]2COc3ccccc3O2)cc1. The summed E-state index contributed by atoms with van der Waals surface area (Å²) in [6.07, 6.45) is -0.825. The van der Waals surface area contributed by atoms with E-state index in [4.69, 9.17) is 9.47 Å². The minimum Gasteiger partial charge on any atom is -0.485 e. The molecule has 136 valence electrons. The van der Waals surface area contributed by atoms with E-state index in [9.17, 15) is 9.59 Å². The van der Waals surface area contributed by atoms with E-state index in [1.807, 2.05) is 18.2 Å². The summed E-state index contributed by atoms with van der Waals surface area (Å²) >= 11 is 0. The number of carbonyl (C=O) groups excluding carboxylic acids is 2. The number of rotatable bonds is 2. The fraction of sp³-hybridized carbons (Fsp3) is 0.300. The summed E-state index contributed by atoms with van der Waals surface area (Å²) in [5.41, 5.74) is 6.39. The Labute approximate surface area is 152 Å². The summed E-state index contributed by atoms with van der Waals surface area (Å²) in [6, 6.07) is 14.4. The number of carbonyl (C=O) groups is 2.